The first-order valence-electron chi connectivity index (χ1n) is 13.3. The second-order valence-electron chi connectivity index (χ2n) is 11.3. The zero-order valence-electron chi connectivity index (χ0n) is 20.5. The lowest BCUT2D eigenvalue weighted by Crippen LogP contribution is -2.49. The van der Waals surface area contributed by atoms with Gasteiger partial charge in [-0.25, -0.2) is 0 Å². The van der Waals surface area contributed by atoms with Crippen molar-refractivity contribution in [1.29, 1.82) is 0 Å². The molecule has 3 heterocycles. The molecule has 0 N–H and O–H groups in total. The van der Waals surface area contributed by atoms with E-state index in [2.05, 4.69) is 0 Å². The van der Waals surface area contributed by atoms with Gasteiger partial charge in [-0.3, -0.25) is 8.37 Å². The summed E-state index contributed by atoms with van der Waals surface area (Å²) in [5.74, 6) is 0.271. The highest BCUT2D eigenvalue weighted by molar-refractivity contribution is 7.87. The Labute approximate surface area is 214 Å². The summed E-state index contributed by atoms with van der Waals surface area (Å²) in [6, 6.07) is 13.8. The molecule has 8 bridgehead atoms. The molecule has 3 aliphatic heterocycles. The lowest BCUT2D eigenvalue weighted by Gasteiger charge is -2.47. The molecular weight excluding hydrogens is 496 g/mol. The van der Waals surface area contributed by atoms with E-state index < -0.39 is 31.4 Å². The topological polar surface area (TPSA) is 86.7 Å². The molecule has 0 amide bonds. The van der Waals surface area contributed by atoms with Crippen molar-refractivity contribution < 1.29 is 25.2 Å². The molecule has 2 aromatic rings. The van der Waals surface area contributed by atoms with Crippen molar-refractivity contribution in [3.63, 3.8) is 0 Å². The van der Waals surface area contributed by atoms with Gasteiger partial charge >= 0.3 is 0 Å². The normalized spacial score (nSPS) is 35.3. The molecule has 4 atom stereocenters. The van der Waals surface area contributed by atoms with Crippen molar-refractivity contribution in [3.05, 3.63) is 59.7 Å². The molecule has 0 aromatic heterocycles. The van der Waals surface area contributed by atoms with Crippen LogP contribution in [0.15, 0.2) is 58.3 Å². The van der Waals surface area contributed by atoms with E-state index in [1.165, 1.54) is 0 Å². The monoisotopic (exact) mass is 530 g/mol. The third-order valence-corrected chi connectivity index (χ3v) is 12.1. The van der Waals surface area contributed by atoms with Crippen molar-refractivity contribution in [1.82, 2.24) is 0 Å². The lowest BCUT2D eigenvalue weighted by molar-refractivity contribution is -0.0634. The Balaban J connectivity index is 1.53. The molecule has 6 aliphatic rings. The largest absolute Gasteiger partial charge is 0.297 e. The fourth-order valence-electron chi connectivity index (χ4n) is 7.32. The highest BCUT2D eigenvalue weighted by Crippen LogP contribution is 2.54. The van der Waals surface area contributed by atoms with Crippen molar-refractivity contribution in [2.45, 2.75) is 98.0 Å². The molecule has 6 nitrogen and oxygen atoms in total. The van der Waals surface area contributed by atoms with Crippen LogP contribution in [0.5, 0.6) is 0 Å². The van der Waals surface area contributed by atoms with Gasteiger partial charge in [0.1, 0.15) is 0 Å². The number of hydrogen-bond acceptors (Lipinski definition) is 6. The van der Waals surface area contributed by atoms with Crippen LogP contribution in [0.2, 0.25) is 0 Å². The molecule has 194 valence electrons. The van der Waals surface area contributed by atoms with E-state index in [1.807, 2.05) is 24.3 Å². The maximum atomic E-state index is 13.6. The third-order valence-electron chi connectivity index (χ3n) is 9.26. The van der Waals surface area contributed by atoms with Crippen molar-refractivity contribution in [3.8, 4) is 0 Å². The van der Waals surface area contributed by atoms with Crippen LogP contribution >= 0.6 is 0 Å². The van der Waals surface area contributed by atoms with E-state index in [9.17, 15) is 16.8 Å². The minimum absolute atomic E-state index is 0.136. The van der Waals surface area contributed by atoms with E-state index in [-0.39, 0.29) is 21.6 Å². The van der Waals surface area contributed by atoms with Crippen LogP contribution in [0.3, 0.4) is 0 Å². The van der Waals surface area contributed by atoms with Crippen molar-refractivity contribution in [2.24, 2.45) is 11.8 Å². The molecule has 2 unspecified atom stereocenters. The highest BCUT2D eigenvalue weighted by atomic mass is 32.2. The smallest absolute Gasteiger partial charge is 0.259 e. The Morgan fingerprint density at radius 1 is 0.556 bits per heavy atom. The van der Waals surface area contributed by atoms with Gasteiger partial charge in [0.25, 0.3) is 20.2 Å². The molecule has 8 heteroatoms. The Morgan fingerprint density at radius 2 is 0.972 bits per heavy atom. The quantitative estimate of drug-likeness (QED) is 0.404. The van der Waals surface area contributed by atoms with E-state index in [4.69, 9.17) is 8.37 Å². The summed E-state index contributed by atoms with van der Waals surface area (Å²) in [6.07, 6.45) is 8.95. The maximum Gasteiger partial charge on any atom is 0.297 e. The first kappa shape index (κ1) is 24.6. The second-order valence-corrected chi connectivity index (χ2v) is 14.4. The standard InChI is InChI=1S/C28H34O6S2/c29-35(30)25-12-6-21(7-13-25)20-22-8-14-26(15-9-22)36(31,32)34-28-17-3-16-27(33-35,18-19-28)23-4-1-2-5-24(28)11-10-23/h6-9,12-15,23-24H,1-5,10-11,16-20H2/t23?,24?,27-,28-/m0/s1. The van der Waals surface area contributed by atoms with Gasteiger partial charge < -0.3 is 0 Å². The zero-order chi connectivity index (χ0) is 25.0. The third kappa shape index (κ3) is 4.34. The molecule has 0 saturated heterocycles. The Kier molecular flexibility index (Phi) is 6.10. The van der Waals surface area contributed by atoms with E-state index in [1.54, 1.807) is 24.3 Å². The number of fused-ring (bicyclic) bond motifs is 5. The van der Waals surface area contributed by atoms with Crippen molar-refractivity contribution in [2.75, 3.05) is 0 Å². The second kappa shape index (κ2) is 8.93. The molecule has 36 heavy (non-hydrogen) atoms. The van der Waals surface area contributed by atoms with Crippen LogP contribution in [0, 0.1) is 11.8 Å². The summed E-state index contributed by atoms with van der Waals surface area (Å²) < 4.78 is 67.0. The fourth-order valence-corrected chi connectivity index (χ4v) is 9.93. The van der Waals surface area contributed by atoms with Gasteiger partial charge in [0, 0.05) is 0 Å². The summed E-state index contributed by atoms with van der Waals surface area (Å²) in [5, 5.41) is 0. The number of benzene rings is 2. The molecule has 0 spiro atoms. The van der Waals surface area contributed by atoms with Crippen LogP contribution in [-0.2, 0) is 35.0 Å². The SMILES string of the molecule is O=S1(=O)O[C@@]23CCC[C@@](CC2)(OS(=O)(=O)c2ccc(cc2)Cc2ccc1cc2)C1CCCCC3CC1. The summed E-state index contributed by atoms with van der Waals surface area (Å²) in [5.41, 5.74) is 0.232. The Hall–Kier alpha value is -1.74. The highest BCUT2D eigenvalue weighted by Gasteiger charge is 2.54. The zero-order valence-corrected chi connectivity index (χ0v) is 22.2. The van der Waals surface area contributed by atoms with Gasteiger partial charge in [-0.1, -0.05) is 37.1 Å². The lowest BCUT2D eigenvalue weighted by atomic mass is 9.67. The molecule has 3 aliphatic carbocycles. The average Bonchev–Trinajstić information content (AvgIpc) is 2.97. The van der Waals surface area contributed by atoms with Crippen LogP contribution < -0.4 is 0 Å². The average molecular weight is 531 g/mol. The molecule has 8 rings (SSSR count). The molecular formula is C28H34O6S2. The molecule has 3 fully saturated rings. The number of rotatable bonds is 0. The maximum absolute atomic E-state index is 13.6. The summed E-state index contributed by atoms with van der Waals surface area (Å²) in [7, 11) is -7.97. The van der Waals surface area contributed by atoms with Gasteiger partial charge in [-0.2, -0.15) is 16.8 Å². The Morgan fingerprint density at radius 3 is 1.39 bits per heavy atom. The van der Waals surface area contributed by atoms with E-state index in [0.717, 1.165) is 49.7 Å². The predicted octanol–water partition coefficient (Wildman–Crippen LogP) is 5.74. The van der Waals surface area contributed by atoms with Crippen LogP contribution in [0.25, 0.3) is 0 Å². The van der Waals surface area contributed by atoms with Gasteiger partial charge in [0.2, 0.25) is 0 Å². The van der Waals surface area contributed by atoms with Gasteiger partial charge in [0.15, 0.2) is 0 Å². The first-order chi connectivity index (χ1) is 17.2. The van der Waals surface area contributed by atoms with Gasteiger partial charge in [-0.15, -0.1) is 0 Å². The minimum atomic E-state index is -3.99. The minimum Gasteiger partial charge on any atom is -0.259 e. The molecule has 3 saturated carbocycles. The summed E-state index contributed by atoms with van der Waals surface area (Å²) in [4.78, 5) is 0.362. The first-order valence-corrected chi connectivity index (χ1v) is 16.1. The van der Waals surface area contributed by atoms with Gasteiger partial charge in [-0.05, 0) is 111 Å². The Bertz CT molecular complexity index is 1230. The fraction of sp³-hybridized carbons (Fsp3) is 0.571. The summed E-state index contributed by atoms with van der Waals surface area (Å²) in [6.45, 7) is 0. The van der Waals surface area contributed by atoms with Crippen LogP contribution in [-0.4, -0.2) is 28.0 Å². The summed E-state index contributed by atoms with van der Waals surface area (Å²) >= 11 is 0. The van der Waals surface area contributed by atoms with E-state index >= 15 is 0 Å². The number of hydrogen-bond donors (Lipinski definition) is 0. The van der Waals surface area contributed by atoms with Gasteiger partial charge in [0.05, 0.1) is 21.0 Å². The van der Waals surface area contributed by atoms with Crippen molar-refractivity contribution >= 4 is 20.2 Å². The predicted molar refractivity (Wildman–Crippen MR) is 135 cm³/mol. The van der Waals surface area contributed by atoms with E-state index in [0.29, 0.717) is 38.5 Å². The van der Waals surface area contributed by atoms with Crippen LogP contribution in [0.1, 0.15) is 81.8 Å². The molecule has 2 aromatic carbocycles. The molecule has 0 radical (unpaired) electrons. The van der Waals surface area contributed by atoms with Crippen LogP contribution in [0.4, 0.5) is 0 Å².